The molecular weight excluding hydrogens is 478 g/mol. The molecule has 1 unspecified atom stereocenters. The number of rotatable bonds is 5. The van der Waals surface area contributed by atoms with E-state index < -0.39 is 6.09 Å². The number of thiophene rings is 1. The number of imidazole rings is 1. The van der Waals surface area contributed by atoms with E-state index in [1.807, 2.05) is 17.7 Å². The number of aryl methyl sites for hydroxylation is 2. The van der Waals surface area contributed by atoms with Gasteiger partial charge in [-0.1, -0.05) is 0 Å². The van der Waals surface area contributed by atoms with Crippen LogP contribution < -0.4 is 10.1 Å². The summed E-state index contributed by atoms with van der Waals surface area (Å²) < 4.78 is 10.0. The average molecular weight is 508 g/mol. The van der Waals surface area contributed by atoms with Gasteiger partial charge in [0.15, 0.2) is 5.82 Å². The van der Waals surface area contributed by atoms with E-state index in [1.165, 1.54) is 10.2 Å². The number of aromatic nitrogens is 3. The van der Waals surface area contributed by atoms with E-state index in [4.69, 9.17) is 9.72 Å². The molecule has 3 aromatic heterocycles. The highest BCUT2D eigenvalue weighted by molar-refractivity contribution is 7.16. The molecule has 0 bridgehead atoms. The number of piperidine rings is 1. The molecule has 1 atom stereocenters. The van der Waals surface area contributed by atoms with Crippen LogP contribution in [-0.4, -0.2) is 62.4 Å². The van der Waals surface area contributed by atoms with Gasteiger partial charge >= 0.3 is 6.09 Å². The third kappa shape index (κ3) is 3.46. The molecule has 2 aliphatic rings. The van der Waals surface area contributed by atoms with Crippen LogP contribution in [0.25, 0.3) is 32.8 Å². The minimum absolute atomic E-state index is 0.00858. The Morgan fingerprint density at radius 3 is 2.78 bits per heavy atom. The fourth-order valence-corrected chi connectivity index (χ4v) is 6.77. The van der Waals surface area contributed by atoms with Crippen LogP contribution in [0.5, 0.6) is 5.75 Å². The molecule has 2 amide bonds. The Bertz CT molecular complexity index is 1510. The Kier molecular flexibility index (Phi) is 5.26. The number of nitrogens with zero attached hydrogens (tertiary/aromatic N) is 4. The topological polar surface area (TPSA) is 102 Å². The summed E-state index contributed by atoms with van der Waals surface area (Å²) >= 11 is 1.71. The number of methoxy groups -OCH3 is 1. The highest BCUT2D eigenvalue weighted by Crippen LogP contribution is 2.53. The number of amides is 2. The van der Waals surface area contributed by atoms with Gasteiger partial charge in [-0.3, -0.25) is 4.79 Å². The van der Waals surface area contributed by atoms with E-state index in [0.29, 0.717) is 29.9 Å². The molecule has 1 saturated heterocycles. The van der Waals surface area contributed by atoms with Crippen molar-refractivity contribution < 1.29 is 19.4 Å². The third-order valence-electron chi connectivity index (χ3n) is 7.95. The SMILES string of the molecule is CCn1c(-c2nc3cc(C(=O)N4CCC5(CC5)C(NC(=O)O)C4)cc(OC)c3n2C)cc2ccsc21. The fraction of sp³-hybridized carbons (Fsp3) is 0.423. The van der Waals surface area contributed by atoms with Crippen LogP contribution >= 0.6 is 11.3 Å². The lowest BCUT2D eigenvalue weighted by atomic mass is 9.88. The van der Waals surface area contributed by atoms with Crippen molar-refractivity contribution in [2.24, 2.45) is 12.5 Å². The standard InChI is InChI=1S/C26H29N5O4S/c1-4-31-18(12-15-5-10-36-24(15)31)22-27-17-11-16(13-19(35-3)21(17)29(22)2)23(32)30-9-8-26(6-7-26)20(14-30)28-25(33)34/h5,10-13,20,28H,4,6-9,14H2,1-3H3,(H,33,34). The minimum Gasteiger partial charge on any atom is -0.494 e. The highest BCUT2D eigenvalue weighted by atomic mass is 32.1. The average Bonchev–Trinajstić information content (AvgIpc) is 3.18. The van der Waals surface area contributed by atoms with Crippen molar-refractivity contribution >= 4 is 44.6 Å². The first kappa shape index (κ1) is 22.9. The smallest absolute Gasteiger partial charge is 0.404 e. The van der Waals surface area contributed by atoms with E-state index in [2.05, 4.69) is 34.3 Å². The lowest BCUT2D eigenvalue weighted by Crippen LogP contribution is -2.54. The van der Waals surface area contributed by atoms with Crippen LogP contribution in [0.1, 0.15) is 36.5 Å². The number of carboxylic acid groups (broad SMARTS) is 1. The molecule has 1 aliphatic carbocycles. The molecule has 10 heteroatoms. The number of nitrogens with one attached hydrogen (secondary N) is 1. The second-order valence-corrected chi connectivity index (χ2v) is 10.8. The summed E-state index contributed by atoms with van der Waals surface area (Å²) in [4.78, 5) is 32.9. The quantitative estimate of drug-likeness (QED) is 0.413. The van der Waals surface area contributed by atoms with Crippen LogP contribution in [0.2, 0.25) is 0 Å². The van der Waals surface area contributed by atoms with Gasteiger partial charge in [0.05, 0.1) is 24.4 Å². The zero-order chi connectivity index (χ0) is 25.2. The summed E-state index contributed by atoms with van der Waals surface area (Å²) in [5, 5.41) is 15.2. The van der Waals surface area contributed by atoms with E-state index >= 15 is 0 Å². The number of carbonyl (C=O) groups is 2. The predicted octanol–water partition coefficient (Wildman–Crippen LogP) is 4.55. The molecule has 0 radical (unpaired) electrons. The Morgan fingerprint density at radius 2 is 2.08 bits per heavy atom. The maximum atomic E-state index is 13.6. The molecule has 188 valence electrons. The van der Waals surface area contributed by atoms with Gasteiger partial charge < -0.3 is 29.2 Å². The lowest BCUT2D eigenvalue weighted by molar-refractivity contribution is 0.0611. The minimum atomic E-state index is -1.04. The van der Waals surface area contributed by atoms with Gasteiger partial charge in [-0.2, -0.15) is 0 Å². The zero-order valence-electron chi connectivity index (χ0n) is 20.6. The number of carbonyl (C=O) groups excluding carboxylic acids is 1. The summed E-state index contributed by atoms with van der Waals surface area (Å²) in [7, 11) is 3.57. The molecule has 1 saturated carbocycles. The normalized spacial score (nSPS) is 18.8. The number of fused-ring (bicyclic) bond motifs is 2. The van der Waals surface area contributed by atoms with Crippen LogP contribution in [0.3, 0.4) is 0 Å². The fourth-order valence-electron chi connectivity index (χ4n) is 5.80. The molecule has 36 heavy (non-hydrogen) atoms. The number of ether oxygens (including phenoxy) is 1. The van der Waals surface area contributed by atoms with E-state index in [0.717, 1.165) is 42.8 Å². The third-order valence-corrected chi connectivity index (χ3v) is 8.90. The van der Waals surface area contributed by atoms with E-state index in [-0.39, 0.29) is 17.4 Å². The molecule has 1 spiro atoms. The van der Waals surface area contributed by atoms with Crippen molar-refractivity contribution in [1.82, 2.24) is 24.3 Å². The lowest BCUT2D eigenvalue weighted by Gasteiger charge is -2.39. The van der Waals surface area contributed by atoms with Crippen LogP contribution in [0, 0.1) is 5.41 Å². The molecule has 1 aromatic carbocycles. The van der Waals surface area contributed by atoms with Gasteiger partial charge in [0, 0.05) is 37.6 Å². The van der Waals surface area contributed by atoms with Gasteiger partial charge in [0.2, 0.25) is 0 Å². The molecule has 4 aromatic rings. The maximum absolute atomic E-state index is 13.6. The Hall–Kier alpha value is -3.53. The highest BCUT2D eigenvalue weighted by Gasteiger charge is 2.53. The molecule has 2 fully saturated rings. The van der Waals surface area contributed by atoms with Crippen molar-refractivity contribution in [2.75, 3.05) is 20.2 Å². The Labute approximate surface area is 212 Å². The number of hydrogen-bond acceptors (Lipinski definition) is 5. The molecule has 6 rings (SSSR count). The van der Waals surface area contributed by atoms with Gasteiger partial charge in [-0.05, 0) is 61.2 Å². The first-order chi connectivity index (χ1) is 17.3. The largest absolute Gasteiger partial charge is 0.494 e. The van der Waals surface area contributed by atoms with Gasteiger partial charge in [-0.15, -0.1) is 11.3 Å². The van der Waals surface area contributed by atoms with E-state index in [9.17, 15) is 14.7 Å². The van der Waals surface area contributed by atoms with Gasteiger partial charge in [0.1, 0.15) is 16.1 Å². The van der Waals surface area contributed by atoms with Crippen molar-refractivity contribution in [3.8, 4) is 17.3 Å². The number of benzene rings is 1. The molecular formula is C26H29N5O4S. The molecule has 1 aliphatic heterocycles. The monoisotopic (exact) mass is 507 g/mol. The second-order valence-electron chi connectivity index (χ2n) is 9.86. The van der Waals surface area contributed by atoms with Crippen LogP contribution in [0.4, 0.5) is 4.79 Å². The first-order valence-corrected chi connectivity index (χ1v) is 13.1. The number of hydrogen-bond donors (Lipinski definition) is 2. The Balaban J connectivity index is 1.38. The maximum Gasteiger partial charge on any atom is 0.404 e. The van der Waals surface area contributed by atoms with Gasteiger partial charge in [0.25, 0.3) is 5.91 Å². The summed E-state index contributed by atoms with van der Waals surface area (Å²) in [5.74, 6) is 1.27. The van der Waals surface area contributed by atoms with Crippen molar-refractivity contribution in [2.45, 2.75) is 38.8 Å². The van der Waals surface area contributed by atoms with Crippen LogP contribution in [0.15, 0.2) is 29.6 Å². The summed E-state index contributed by atoms with van der Waals surface area (Å²) in [5.41, 5.74) is 3.06. The van der Waals surface area contributed by atoms with Crippen LogP contribution in [-0.2, 0) is 13.6 Å². The van der Waals surface area contributed by atoms with Gasteiger partial charge in [-0.25, -0.2) is 9.78 Å². The van der Waals surface area contributed by atoms with Crippen molar-refractivity contribution in [3.63, 3.8) is 0 Å². The van der Waals surface area contributed by atoms with Crippen molar-refractivity contribution in [3.05, 3.63) is 35.2 Å². The summed E-state index contributed by atoms with van der Waals surface area (Å²) in [6, 6.07) is 7.63. The van der Waals surface area contributed by atoms with Crippen molar-refractivity contribution in [1.29, 1.82) is 0 Å². The Morgan fingerprint density at radius 1 is 1.28 bits per heavy atom. The second kappa shape index (κ2) is 8.26. The molecule has 9 nitrogen and oxygen atoms in total. The predicted molar refractivity (Wildman–Crippen MR) is 139 cm³/mol. The first-order valence-electron chi connectivity index (χ1n) is 12.3. The summed E-state index contributed by atoms with van der Waals surface area (Å²) in [6.45, 7) is 3.94. The summed E-state index contributed by atoms with van der Waals surface area (Å²) in [6.07, 6.45) is 1.78. The number of likely N-dealkylation sites (tertiary alicyclic amines) is 1. The van der Waals surface area contributed by atoms with E-state index in [1.54, 1.807) is 29.4 Å². The molecule has 4 heterocycles. The molecule has 2 N–H and O–H groups in total. The zero-order valence-corrected chi connectivity index (χ0v) is 21.4.